The van der Waals surface area contributed by atoms with Crippen molar-refractivity contribution in [2.24, 2.45) is 4.99 Å². The molecule has 0 radical (unpaired) electrons. The van der Waals surface area contributed by atoms with Crippen molar-refractivity contribution >= 4 is 35.8 Å². The first-order valence-electron chi connectivity index (χ1n) is 8.10. The van der Waals surface area contributed by atoms with Crippen LogP contribution in [0.5, 0.6) is 0 Å². The third-order valence-electron chi connectivity index (χ3n) is 3.20. The summed E-state index contributed by atoms with van der Waals surface area (Å²) in [5.41, 5.74) is 1.77. The quantitative estimate of drug-likeness (QED) is 0.234. The number of rotatable bonds is 9. The Balaban J connectivity index is 0.00000529. The van der Waals surface area contributed by atoms with Gasteiger partial charge in [-0.1, -0.05) is 12.1 Å². The zero-order valence-corrected chi connectivity index (χ0v) is 17.1. The second-order valence-corrected chi connectivity index (χ2v) is 4.96. The molecule has 6 nitrogen and oxygen atoms in total. The van der Waals surface area contributed by atoms with Gasteiger partial charge >= 0.3 is 0 Å². The number of ether oxygens (including phenoxy) is 1. The summed E-state index contributed by atoms with van der Waals surface area (Å²) in [6.45, 7) is 7.50. The molecule has 0 spiro atoms. The van der Waals surface area contributed by atoms with Crippen molar-refractivity contribution in [2.75, 3.05) is 33.4 Å². The van der Waals surface area contributed by atoms with Gasteiger partial charge in [-0.25, -0.2) is 0 Å². The highest BCUT2D eigenvalue weighted by molar-refractivity contribution is 14.0. The van der Waals surface area contributed by atoms with E-state index >= 15 is 0 Å². The predicted molar refractivity (Wildman–Crippen MR) is 109 cm³/mol. The molecule has 0 aliphatic heterocycles. The van der Waals surface area contributed by atoms with Gasteiger partial charge in [-0.2, -0.15) is 0 Å². The third kappa shape index (κ3) is 9.07. The molecule has 0 unspecified atom stereocenters. The van der Waals surface area contributed by atoms with Crippen LogP contribution in [0.3, 0.4) is 0 Å². The van der Waals surface area contributed by atoms with E-state index in [1.807, 2.05) is 38.1 Å². The molecule has 0 aliphatic rings. The van der Waals surface area contributed by atoms with E-state index in [0.29, 0.717) is 18.7 Å². The van der Waals surface area contributed by atoms with Gasteiger partial charge in [0, 0.05) is 45.5 Å². The zero-order chi connectivity index (χ0) is 16.9. The standard InChI is InChI=1S/C17H28N4O2.HI/c1-4-19-16(22)15-9-7-14(8-10-15)13-21-17(18-3)20-11-6-12-23-5-2;/h7-10H,4-6,11-13H2,1-3H3,(H,19,22)(H2,18,20,21);1H. The summed E-state index contributed by atoms with van der Waals surface area (Å²) in [5.74, 6) is 0.716. The topological polar surface area (TPSA) is 74.8 Å². The Hall–Kier alpha value is -1.35. The number of halogens is 1. The fourth-order valence-corrected chi connectivity index (χ4v) is 1.97. The molecule has 136 valence electrons. The highest BCUT2D eigenvalue weighted by Gasteiger charge is 2.04. The van der Waals surface area contributed by atoms with Gasteiger partial charge in [-0.3, -0.25) is 9.79 Å². The monoisotopic (exact) mass is 448 g/mol. The highest BCUT2D eigenvalue weighted by Crippen LogP contribution is 2.04. The minimum absolute atomic E-state index is 0. The Morgan fingerprint density at radius 1 is 1.12 bits per heavy atom. The van der Waals surface area contributed by atoms with Crippen LogP contribution < -0.4 is 16.0 Å². The van der Waals surface area contributed by atoms with Gasteiger partial charge in [0.15, 0.2) is 5.96 Å². The number of benzene rings is 1. The molecular formula is C17H29IN4O2. The van der Waals surface area contributed by atoms with Crippen molar-refractivity contribution < 1.29 is 9.53 Å². The Kier molecular flexibility index (Phi) is 13.2. The lowest BCUT2D eigenvalue weighted by molar-refractivity contribution is 0.0956. The Morgan fingerprint density at radius 2 is 1.83 bits per heavy atom. The number of hydrogen-bond donors (Lipinski definition) is 3. The lowest BCUT2D eigenvalue weighted by Crippen LogP contribution is -2.37. The maximum absolute atomic E-state index is 11.7. The van der Waals surface area contributed by atoms with Crippen LogP contribution in [0.25, 0.3) is 0 Å². The van der Waals surface area contributed by atoms with Crippen LogP contribution in [-0.4, -0.2) is 45.2 Å². The molecule has 7 heteroatoms. The molecule has 1 aromatic rings. The van der Waals surface area contributed by atoms with Crippen LogP contribution in [0.15, 0.2) is 29.3 Å². The van der Waals surface area contributed by atoms with Crippen molar-refractivity contribution in [1.82, 2.24) is 16.0 Å². The molecule has 0 aliphatic carbocycles. The van der Waals surface area contributed by atoms with Gasteiger partial charge in [0.1, 0.15) is 0 Å². The molecule has 1 aromatic carbocycles. The van der Waals surface area contributed by atoms with Gasteiger partial charge in [0.05, 0.1) is 0 Å². The van der Waals surface area contributed by atoms with Gasteiger partial charge in [-0.05, 0) is 38.0 Å². The number of aliphatic imine (C=N–C) groups is 1. The first-order valence-corrected chi connectivity index (χ1v) is 8.10. The minimum atomic E-state index is -0.0428. The maximum atomic E-state index is 11.7. The molecule has 1 rings (SSSR count). The lowest BCUT2D eigenvalue weighted by Gasteiger charge is -2.12. The number of nitrogens with one attached hydrogen (secondary N) is 3. The number of nitrogens with zero attached hydrogens (tertiary/aromatic N) is 1. The average molecular weight is 448 g/mol. The van der Waals surface area contributed by atoms with E-state index in [0.717, 1.165) is 37.7 Å². The smallest absolute Gasteiger partial charge is 0.251 e. The van der Waals surface area contributed by atoms with E-state index in [1.54, 1.807) is 7.05 Å². The number of amides is 1. The summed E-state index contributed by atoms with van der Waals surface area (Å²) in [6, 6.07) is 7.56. The molecule has 0 fully saturated rings. The van der Waals surface area contributed by atoms with Crippen molar-refractivity contribution in [3.8, 4) is 0 Å². The SMILES string of the molecule is CCNC(=O)c1ccc(CNC(=NC)NCCCOCC)cc1.I. The van der Waals surface area contributed by atoms with Crippen LogP contribution in [0.2, 0.25) is 0 Å². The normalized spacial score (nSPS) is 10.7. The Bertz CT molecular complexity index is 492. The second kappa shape index (κ2) is 14.0. The third-order valence-corrected chi connectivity index (χ3v) is 3.20. The molecule has 24 heavy (non-hydrogen) atoms. The summed E-state index contributed by atoms with van der Waals surface area (Å²) < 4.78 is 5.29. The van der Waals surface area contributed by atoms with E-state index in [1.165, 1.54) is 0 Å². The first-order chi connectivity index (χ1) is 11.2. The molecule has 0 bridgehead atoms. The molecule has 0 saturated carbocycles. The van der Waals surface area contributed by atoms with Gasteiger partial charge in [0.25, 0.3) is 5.91 Å². The van der Waals surface area contributed by atoms with Crippen LogP contribution in [0, 0.1) is 0 Å². The summed E-state index contributed by atoms with van der Waals surface area (Å²) in [6.07, 6.45) is 0.940. The molecule has 0 aromatic heterocycles. The van der Waals surface area contributed by atoms with Gasteiger partial charge in [-0.15, -0.1) is 24.0 Å². The number of carbonyl (C=O) groups excluding carboxylic acids is 1. The number of carbonyl (C=O) groups is 1. The summed E-state index contributed by atoms with van der Waals surface area (Å²) in [7, 11) is 1.75. The fraction of sp³-hybridized carbons (Fsp3) is 0.529. The molecule has 0 saturated heterocycles. The van der Waals surface area contributed by atoms with Crippen molar-refractivity contribution in [2.45, 2.75) is 26.8 Å². The van der Waals surface area contributed by atoms with Crippen molar-refractivity contribution in [1.29, 1.82) is 0 Å². The molecule has 3 N–H and O–H groups in total. The Morgan fingerprint density at radius 3 is 2.42 bits per heavy atom. The average Bonchev–Trinajstić information content (AvgIpc) is 2.58. The molecular weight excluding hydrogens is 419 g/mol. The Labute approximate surface area is 161 Å². The molecule has 1 amide bonds. The largest absolute Gasteiger partial charge is 0.382 e. The van der Waals surface area contributed by atoms with E-state index < -0.39 is 0 Å². The summed E-state index contributed by atoms with van der Waals surface area (Å²) >= 11 is 0. The number of guanidine groups is 1. The summed E-state index contributed by atoms with van der Waals surface area (Å²) in [5, 5.41) is 9.27. The summed E-state index contributed by atoms with van der Waals surface area (Å²) in [4.78, 5) is 15.9. The maximum Gasteiger partial charge on any atom is 0.251 e. The first kappa shape index (κ1) is 22.6. The van der Waals surface area contributed by atoms with E-state index in [-0.39, 0.29) is 29.9 Å². The molecule has 0 atom stereocenters. The van der Waals surface area contributed by atoms with Crippen molar-refractivity contribution in [3.05, 3.63) is 35.4 Å². The minimum Gasteiger partial charge on any atom is -0.382 e. The van der Waals surface area contributed by atoms with E-state index in [2.05, 4.69) is 20.9 Å². The van der Waals surface area contributed by atoms with Crippen LogP contribution in [0.4, 0.5) is 0 Å². The van der Waals surface area contributed by atoms with E-state index in [9.17, 15) is 4.79 Å². The van der Waals surface area contributed by atoms with Crippen LogP contribution >= 0.6 is 24.0 Å². The van der Waals surface area contributed by atoms with Gasteiger partial charge in [0.2, 0.25) is 0 Å². The van der Waals surface area contributed by atoms with Crippen LogP contribution in [-0.2, 0) is 11.3 Å². The zero-order valence-electron chi connectivity index (χ0n) is 14.7. The fourth-order valence-electron chi connectivity index (χ4n) is 1.97. The van der Waals surface area contributed by atoms with Crippen molar-refractivity contribution in [3.63, 3.8) is 0 Å². The lowest BCUT2D eigenvalue weighted by atomic mass is 10.1. The van der Waals surface area contributed by atoms with E-state index in [4.69, 9.17) is 4.74 Å². The van der Waals surface area contributed by atoms with Crippen LogP contribution in [0.1, 0.15) is 36.2 Å². The predicted octanol–water partition coefficient (Wildman–Crippen LogP) is 2.15. The highest BCUT2D eigenvalue weighted by atomic mass is 127. The molecule has 0 heterocycles. The van der Waals surface area contributed by atoms with Gasteiger partial charge < -0.3 is 20.7 Å². The second-order valence-electron chi connectivity index (χ2n) is 4.96. The number of hydrogen-bond acceptors (Lipinski definition) is 3.